The molecule has 0 radical (unpaired) electrons. The molecule has 0 N–H and O–H groups in total. The van der Waals surface area contributed by atoms with Crippen LogP contribution in [0.3, 0.4) is 0 Å². The Morgan fingerprint density at radius 2 is 2.06 bits per heavy atom. The molecule has 162 valence electrons. The van der Waals surface area contributed by atoms with Gasteiger partial charge in [0.15, 0.2) is 11.5 Å². The molecular weight excluding hydrogens is 426 g/mol. The molecular formula is C18H20ClN9O3. The van der Waals surface area contributed by atoms with Crippen molar-refractivity contribution in [2.24, 2.45) is 0 Å². The summed E-state index contributed by atoms with van der Waals surface area (Å²) in [5.74, 6) is 0.603. The largest absolute Gasteiger partial charge is 0.472 e. The van der Waals surface area contributed by atoms with E-state index in [2.05, 4.69) is 25.3 Å². The average Bonchev–Trinajstić information content (AvgIpc) is 3.41. The third kappa shape index (κ3) is 3.81. The topological polar surface area (TPSA) is 132 Å². The fourth-order valence-electron chi connectivity index (χ4n) is 3.37. The summed E-state index contributed by atoms with van der Waals surface area (Å²) in [6.07, 6.45) is 3.80. The van der Waals surface area contributed by atoms with Crippen LogP contribution in [0, 0.1) is 24.0 Å². The predicted molar refractivity (Wildman–Crippen MR) is 112 cm³/mol. The first kappa shape index (κ1) is 20.7. The van der Waals surface area contributed by atoms with Crippen molar-refractivity contribution in [2.75, 3.05) is 6.61 Å². The van der Waals surface area contributed by atoms with Crippen molar-refractivity contribution in [1.29, 1.82) is 0 Å². The first-order chi connectivity index (χ1) is 14.9. The Labute approximate surface area is 181 Å². The Morgan fingerprint density at radius 1 is 1.26 bits per heavy atom. The molecule has 4 aromatic rings. The van der Waals surface area contributed by atoms with Gasteiger partial charge in [-0.25, -0.2) is 19.0 Å². The monoisotopic (exact) mass is 445 g/mol. The molecule has 13 heteroatoms. The van der Waals surface area contributed by atoms with Gasteiger partial charge in [0.25, 0.3) is 0 Å². The van der Waals surface area contributed by atoms with E-state index in [4.69, 9.17) is 16.3 Å². The maximum absolute atomic E-state index is 11.6. The lowest BCUT2D eigenvalue weighted by molar-refractivity contribution is -0.386. The normalized spacial score (nSPS) is 11.4. The summed E-state index contributed by atoms with van der Waals surface area (Å²) in [6.45, 7) is 6.74. The zero-order valence-corrected chi connectivity index (χ0v) is 17.9. The molecule has 0 saturated heterocycles. The van der Waals surface area contributed by atoms with E-state index in [1.165, 1.54) is 4.68 Å². The van der Waals surface area contributed by atoms with Gasteiger partial charge in [-0.1, -0.05) is 0 Å². The van der Waals surface area contributed by atoms with E-state index in [1.807, 2.05) is 13.8 Å². The number of hydrogen-bond donors (Lipinski definition) is 0. The molecule has 0 aliphatic heterocycles. The van der Waals surface area contributed by atoms with Crippen LogP contribution in [0.15, 0.2) is 18.5 Å². The summed E-state index contributed by atoms with van der Waals surface area (Å²) in [5.41, 5.74) is 1.64. The molecule has 0 atom stereocenters. The summed E-state index contributed by atoms with van der Waals surface area (Å²) in [6, 6.07) is 1.75. The average molecular weight is 446 g/mol. The Morgan fingerprint density at radius 3 is 2.81 bits per heavy atom. The van der Waals surface area contributed by atoms with E-state index < -0.39 is 4.92 Å². The molecule has 12 nitrogen and oxygen atoms in total. The maximum atomic E-state index is 11.6. The summed E-state index contributed by atoms with van der Waals surface area (Å²) >= 11 is 5.90. The SMILES string of the molecule is CCn1nccc1-n1nc(OCCCn2nc(C)c3cnc(Cl)nc32)c([N+](=O)[O-])c1C. The highest BCUT2D eigenvalue weighted by Gasteiger charge is 2.28. The van der Waals surface area contributed by atoms with Crippen molar-refractivity contribution < 1.29 is 9.66 Å². The zero-order chi connectivity index (χ0) is 22.1. The Kier molecular flexibility index (Phi) is 5.55. The van der Waals surface area contributed by atoms with Crippen LogP contribution in [0.1, 0.15) is 24.7 Å². The van der Waals surface area contributed by atoms with E-state index in [0.717, 1.165) is 11.1 Å². The van der Waals surface area contributed by atoms with E-state index in [9.17, 15) is 10.1 Å². The molecule has 0 unspecified atom stereocenters. The molecule has 4 heterocycles. The molecule has 0 amide bonds. The molecule has 0 bridgehead atoms. The zero-order valence-electron chi connectivity index (χ0n) is 17.2. The van der Waals surface area contributed by atoms with Crippen LogP contribution < -0.4 is 4.74 Å². The van der Waals surface area contributed by atoms with Crippen molar-refractivity contribution >= 4 is 28.3 Å². The van der Waals surface area contributed by atoms with Crippen LogP contribution in [0.5, 0.6) is 5.88 Å². The van der Waals surface area contributed by atoms with Gasteiger partial charge in [-0.3, -0.25) is 10.1 Å². The molecule has 0 saturated carbocycles. The van der Waals surface area contributed by atoms with Crippen molar-refractivity contribution in [3.05, 3.63) is 45.2 Å². The van der Waals surface area contributed by atoms with Crippen LogP contribution in [0.4, 0.5) is 5.69 Å². The molecule has 0 fully saturated rings. The fourth-order valence-corrected chi connectivity index (χ4v) is 3.50. The molecule has 0 aliphatic rings. The van der Waals surface area contributed by atoms with Gasteiger partial charge in [0, 0.05) is 31.8 Å². The van der Waals surface area contributed by atoms with Gasteiger partial charge in [0.05, 0.1) is 28.8 Å². The Bertz CT molecular complexity index is 1260. The van der Waals surface area contributed by atoms with Gasteiger partial charge in [-0.05, 0) is 32.4 Å². The van der Waals surface area contributed by atoms with E-state index in [-0.39, 0.29) is 23.5 Å². The van der Waals surface area contributed by atoms with Crippen molar-refractivity contribution in [3.63, 3.8) is 0 Å². The number of halogens is 1. The van der Waals surface area contributed by atoms with E-state index in [1.54, 1.807) is 34.7 Å². The second kappa shape index (κ2) is 8.30. The number of aromatic nitrogens is 8. The minimum absolute atomic E-state index is 0.0294. The summed E-state index contributed by atoms with van der Waals surface area (Å²) in [5, 5.41) is 25.6. The second-order valence-corrected chi connectivity index (χ2v) is 7.14. The van der Waals surface area contributed by atoms with Crippen LogP contribution in [0.25, 0.3) is 16.9 Å². The van der Waals surface area contributed by atoms with Gasteiger partial charge in [0.2, 0.25) is 5.28 Å². The van der Waals surface area contributed by atoms with Crippen molar-refractivity contribution in [2.45, 2.75) is 40.3 Å². The van der Waals surface area contributed by atoms with Gasteiger partial charge in [-0.2, -0.15) is 15.2 Å². The van der Waals surface area contributed by atoms with Crippen LogP contribution >= 0.6 is 11.6 Å². The molecule has 0 spiro atoms. The van der Waals surface area contributed by atoms with E-state index in [0.29, 0.717) is 36.7 Å². The first-order valence-electron chi connectivity index (χ1n) is 9.65. The van der Waals surface area contributed by atoms with Crippen molar-refractivity contribution in [1.82, 2.24) is 39.3 Å². The summed E-state index contributed by atoms with van der Waals surface area (Å²) in [4.78, 5) is 19.4. The Hall–Kier alpha value is -3.54. The van der Waals surface area contributed by atoms with Gasteiger partial charge in [0.1, 0.15) is 5.69 Å². The Balaban J connectivity index is 1.51. The lowest BCUT2D eigenvalue weighted by atomic mass is 10.3. The quantitative estimate of drug-likeness (QED) is 0.175. The highest BCUT2D eigenvalue weighted by atomic mass is 35.5. The minimum atomic E-state index is -0.482. The highest BCUT2D eigenvalue weighted by molar-refractivity contribution is 6.28. The molecule has 0 aromatic carbocycles. The number of nitrogens with zero attached hydrogens (tertiary/aromatic N) is 9. The minimum Gasteiger partial charge on any atom is -0.472 e. The van der Waals surface area contributed by atoms with E-state index >= 15 is 0 Å². The second-order valence-electron chi connectivity index (χ2n) is 6.80. The lowest BCUT2D eigenvalue weighted by Crippen LogP contribution is -2.09. The molecule has 31 heavy (non-hydrogen) atoms. The first-order valence-corrected chi connectivity index (χ1v) is 10.0. The smallest absolute Gasteiger partial charge is 0.353 e. The fraction of sp³-hybridized carbons (Fsp3) is 0.389. The molecule has 4 rings (SSSR count). The molecule has 0 aliphatic carbocycles. The van der Waals surface area contributed by atoms with Crippen LogP contribution in [-0.2, 0) is 13.1 Å². The number of fused-ring (bicyclic) bond motifs is 1. The number of nitro groups is 1. The highest BCUT2D eigenvalue weighted by Crippen LogP contribution is 2.31. The lowest BCUT2D eigenvalue weighted by Gasteiger charge is -2.05. The summed E-state index contributed by atoms with van der Waals surface area (Å²) in [7, 11) is 0. The van der Waals surface area contributed by atoms with Crippen LogP contribution in [-0.4, -0.2) is 50.8 Å². The van der Waals surface area contributed by atoms with Gasteiger partial charge >= 0.3 is 11.6 Å². The predicted octanol–water partition coefficient (Wildman–Crippen LogP) is 2.88. The number of aryl methyl sites for hydroxylation is 3. The molecule has 4 aromatic heterocycles. The van der Waals surface area contributed by atoms with Gasteiger partial charge < -0.3 is 4.74 Å². The summed E-state index contributed by atoms with van der Waals surface area (Å²) < 4.78 is 10.6. The third-order valence-electron chi connectivity index (χ3n) is 4.84. The standard InChI is InChI=1S/C18H20ClN9O3/c1-4-25-14(6-7-21-25)27-12(3)15(28(29)30)17(24-27)31-9-5-8-26-16-13(11(2)23-26)10-20-18(19)22-16/h6-7,10H,4-5,8-9H2,1-3H3. The van der Waals surface area contributed by atoms with Crippen LogP contribution in [0.2, 0.25) is 5.28 Å². The van der Waals surface area contributed by atoms with Gasteiger partial charge in [-0.15, -0.1) is 5.10 Å². The maximum Gasteiger partial charge on any atom is 0.353 e. The third-order valence-corrected chi connectivity index (χ3v) is 5.03. The van der Waals surface area contributed by atoms with Crippen molar-refractivity contribution in [3.8, 4) is 11.7 Å². The number of rotatable bonds is 8. The number of hydrogen-bond acceptors (Lipinski definition) is 8. The number of ether oxygens (including phenoxy) is 1.